The van der Waals surface area contributed by atoms with Gasteiger partial charge >= 0.3 is 0 Å². The van der Waals surface area contributed by atoms with Crippen LogP contribution >= 0.6 is 8.58 Å². The fraction of sp³-hybridized carbons (Fsp3) is 0.143. The second-order valence-electron chi connectivity index (χ2n) is 2.27. The van der Waals surface area contributed by atoms with Crippen LogP contribution in [0.2, 0.25) is 0 Å². The van der Waals surface area contributed by atoms with Crippen LogP contribution in [-0.2, 0) is 0 Å². The number of hydrogen-bond acceptors (Lipinski definition) is 2. The van der Waals surface area contributed by atoms with Gasteiger partial charge in [-0.2, -0.15) is 5.10 Å². The van der Waals surface area contributed by atoms with E-state index in [0.717, 1.165) is 14.1 Å². The van der Waals surface area contributed by atoms with Crippen molar-refractivity contribution < 1.29 is 0 Å². The Kier molecular flexibility index (Phi) is 1.59. The highest BCUT2D eigenvalue weighted by Gasteiger charge is 1.99. The van der Waals surface area contributed by atoms with Crippen LogP contribution in [0.1, 0.15) is 0 Å². The zero-order valence-electron chi connectivity index (χ0n) is 6.13. The number of H-pyrrole nitrogens is 1. The van der Waals surface area contributed by atoms with E-state index < -0.39 is 0 Å². The molecule has 0 spiro atoms. The van der Waals surface area contributed by atoms with Crippen LogP contribution in [0.3, 0.4) is 0 Å². The van der Waals surface area contributed by atoms with Crippen molar-refractivity contribution in [2.75, 3.05) is 6.66 Å². The molecule has 11 heavy (non-hydrogen) atoms. The number of pyridine rings is 1. The summed E-state index contributed by atoms with van der Waals surface area (Å²) in [6.45, 7) is 2.14. The third-order valence-corrected chi connectivity index (χ3v) is 2.57. The normalized spacial score (nSPS) is 11.7. The summed E-state index contributed by atoms with van der Waals surface area (Å²) in [5.74, 6) is 0. The number of rotatable bonds is 1. The van der Waals surface area contributed by atoms with Crippen molar-refractivity contribution in [3.05, 3.63) is 18.6 Å². The number of fused-ring (bicyclic) bond motifs is 1. The predicted octanol–water partition coefficient (Wildman–Crippen LogP) is 0.891. The van der Waals surface area contributed by atoms with Crippen molar-refractivity contribution >= 4 is 24.8 Å². The van der Waals surface area contributed by atoms with Crippen LogP contribution in [0.5, 0.6) is 0 Å². The molecule has 0 saturated carbocycles. The van der Waals surface area contributed by atoms with Gasteiger partial charge in [0.25, 0.3) is 0 Å². The molecule has 1 unspecified atom stereocenters. The molecule has 0 bridgehead atoms. The predicted molar refractivity (Wildman–Crippen MR) is 47.8 cm³/mol. The van der Waals surface area contributed by atoms with Crippen molar-refractivity contribution in [3.63, 3.8) is 0 Å². The molecule has 0 fully saturated rings. The molecule has 1 N–H and O–H groups in total. The Morgan fingerprint density at radius 3 is 3.09 bits per heavy atom. The summed E-state index contributed by atoms with van der Waals surface area (Å²) in [6, 6.07) is 0. The van der Waals surface area contributed by atoms with Crippen molar-refractivity contribution in [2.45, 2.75) is 0 Å². The number of nitrogens with one attached hydrogen (secondary N) is 1. The van der Waals surface area contributed by atoms with E-state index in [1.54, 1.807) is 6.20 Å². The molecular formula is C7H8N3P. The van der Waals surface area contributed by atoms with Gasteiger partial charge < -0.3 is 0 Å². The molecular weight excluding hydrogens is 157 g/mol. The number of aromatic nitrogens is 3. The molecule has 56 valence electrons. The minimum atomic E-state index is 0.778. The van der Waals surface area contributed by atoms with E-state index in [0.29, 0.717) is 0 Å². The lowest BCUT2D eigenvalue weighted by Gasteiger charge is -1.94. The molecule has 0 amide bonds. The molecule has 0 radical (unpaired) electrons. The Balaban J connectivity index is 2.79. The summed E-state index contributed by atoms with van der Waals surface area (Å²) in [6.07, 6.45) is 5.55. The summed E-state index contributed by atoms with van der Waals surface area (Å²) in [4.78, 5) is 4.09. The van der Waals surface area contributed by atoms with Gasteiger partial charge in [-0.15, -0.1) is 0 Å². The average molecular weight is 165 g/mol. The van der Waals surface area contributed by atoms with Crippen LogP contribution < -0.4 is 5.30 Å². The first-order chi connectivity index (χ1) is 5.42. The van der Waals surface area contributed by atoms with Crippen LogP contribution in [0.15, 0.2) is 18.6 Å². The molecule has 2 heterocycles. The molecule has 0 aliphatic rings. The maximum absolute atomic E-state index is 4.09. The Morgan fingerprint density at radius 2 is 2.27 bits per heavy atom. The minimum Gasteiger partial charge on any atom is -0.276 e. The first kappa shape index (κ1) is 6.74. The summed E-state index contributed by atoms with van der Waals surface area (Å²) in [7, 11) is 0.778. The van der Waals surface area contributed by atoms with E-state index in [9.17, 15) is 0 Å². The highest BCUT2D eigenvalue weighted by atomic mass is 31.1. The molecule has 2 aromatic heterocycles. The minimum absolute atomic E-state index is 0.778. The standard InChI is InChI=1S/C7H8N3P/c1-11-7-4-8-3-6-5(7)2-9-10-6/h2-4,11H,1H3,(H,9,10). The van der Waals surface area contributed by atoms with Crippen LogP contribution in [0.25, 0.3) is 10.9 Å². The van der Waals surface area contributed by atoms with Crippen molar-refractivity contribution in [2.24, 2.45) is 0 Å². The van der Waals surface area contributed by atoms with Gasteiger partial charge in [-0.05, 0) is 6.66 Å². The van der Waals surface area contributed by atoms with E-state index >= 15 is 0 Å². The number of nitrogens with zero attached hydrogens (tertiary/aromatic N) is 2. The molecule has 1 atom stereocenters. The van der Waals surface area contributed by atoms with E-state index in [1.165, 1.54) is 10.7 Å². The van der Waals surface area contributed by atoms with Gasteiger partial charge in [-0.1, -0.05) is 8.58 Å². The highest BCUT2D eigenvalue weighted by molar-refractivity contribution is 7.47. The molecule has 0 aromatic carbocycles. The summed E-state index contributed by atoms with van der Waals surface area (Å²) in [5.41, 5.74) is 1.02. The maximum Gasteiger partial charge on any atom is 0.0839 e. The first-order valence-corrected chi connectivity index (χ1v) is 4.86. The third kappa shape index (κ3) is 1.02. The van der Waals surface area contributed by atoms with E-state index in [1.807, 2.05) is 12.4 Å². The lowest BCUT2D eigenvalue weighted by Crippen LogP contribution is -1.94. The monoisotopic (exact) mass is 165 g/mol. The summed E-state index contributed by atoms with van der Waals surface area (Å²) in [5, 5.41) is 9.31. The zero-order valence-corrected chi connectivity index (χ0v) is 7.13. The molecule has 0 aliphatic heterocycles. The van der Waals surface area contributed by atoms with Gasteiger partial charge in [0.05, 0.1) is 17.9 Å². The molecule has 3 nitrogen and oxygen atoms in total. The third-order valence-electron chi connectivity index (χ3n) is 1.64. The Bertz CT molecular complexity index is 368. The van der Waals surface area contributed by atoms with Gasteiger partial charge in [0, 0.05) is 16.9 Å². The van der Waals surface area contributed by atoms with E-state index in [4.69, 9.17) is 0 Å². The lowest BCUT2D eigenvalue weighted by atomic mass is 10.3. The average Bonchev–Trinajstić information content (AvgIpc) is 2.50. The zero-order chi connectivity index (χ0) is 7.68. The van der Waals surface area contributed by atoms with Gasteiger partial charge in [0.15, 0.2) is 0 Å². The fourth-order valence-electron chi connectivity index (χ4n) is 1.06. The van der Waals surface area contributed by atoms with Crippen molar-refractivity contribution in [1.29, 1.82) is 0 Å². The summed E-state index contributed by atoms with van der Waals surface area (Å²) >= 11 is 0. The van der Waals surface area contributed by atoms with E-state index in [2.05, 4.69) is 21.8 Å². The Labute approximate surface area is 66.0 Å². The molecule has 0 aliphatic carbocycles. The van der Waals surface area contributed by atoms with Crippen LogP contribution in [0.4, 0.5) is 0 Å². The first-order valence-electron chi connectivity index (χ1n) is 3.36. The molecule has 4 heteroatoms. The lowest BCUT2D eigenvalue weighted by molar-refractivity contribution is 1.11. The van der Waals surface area contributed by atoms with Crippen molar-refractivity contribution in [3.8, 4) is 0 Å². The van der Waals surface area contributed by atoms with Crippen LogP contribution in [0, 0.1) is 0 Å². The quantitative estimate of drug-likeness (QED) is 0.637. The number of hydrogen-bond donors (Lipinski definition) is 1. The van der Waals surface area contributed by atoms with Gasteiger partial charge in [-0.3, -0.25) is 10.1 Å². The fourth-order valence-corrected chi connectivity index (χ4v) is 1.74. The molecule has 0 saturated heterocycles. The van der Waals surface area contributed by atoms with Crippen LogP contribution in [-0.4, -0.2) is 21.8 Å². The van der Waals surface area contributed by atoms with Crippen molar-refractivity contribution in [1.82, 2.24) is 15.2 Å². The highest BCUT2D eigenvalue weighted by Crippen LogP contribution is 2.12. The maximum atomic E-state index is 4.09. The Morgan fingerprint density at radius 1 is 1.36 bits per heavy atom. The second kappa shape index (κ2) is 2.59. The van der Waals surface area contributed by atoms with Gasteiger partial charge in [-0.25, -0.2) is 0 Å². The van der Waals surface area contributed by atoms with E-state index in [-0.39, 0.29) is 0 Å². The molecule has 2 aromatic rings. The summed E-state index contributed by atoms with van der Waals surface area (Å²) < 4.78 is 0. The SMILES string of the molecule is CPc1cncc2[nH]ncc12. The largest absolute Gasteiger partial charge is 0.276 e. The van der Waals surface area contributed by atoms with Gasteiger partial charge in [0.2, 0.25) is 0 Å². The smallest absolute Gasteiger partial charge is 0.0839 e. The van der Waals surface area contributed by atoms with Gasteiger partial charge in [0.1, 0.15) is 0 Å². The topological polar surface area (TPSA) is 41.6 Å². The molecule has 2 rings (SSSR count). The number of aromatic amines is 1. The second-order valence-corrected chi connectivity index (χ2v) is 3.31. The Hall–Kier alpha value is -0.950.